The van der Waals surface area contributed by atoms with E-state index in [1.807, 2.05) is 47.1 Å². The number of imidazole rings is 1. The van der Waals surface area contributed by atoms with Gasteiger partial charge in [-0.3, -0.25) is 4.40 Å². The molecule has 0 fully saturated rings. The monoisotopic (exact) mass is 332 g/mol. The number of ether oxygens (including phenoxy) is 2. The first kappa shape index (κ1) is 13.0. The zero-order chi connectivity index (χ0) is 14.1. The molecule has 0 bridgehead atoms. The van der Waals surface area contributed by atoms with Crippen LogP contribution in [0.2, 0.25) is 0 Å². The average molecular weight is 333 g/mol. The van der Waals surface area contributed by atoms with Gasteiger partial charge in [0.05, 0.1) is 26.1 Å². The highest BCUT2D eigenvalue weighted by molar-refractivity contribution is 9.10. The van der Waals surface area contributed by atoms with Crippen molar-refractivity contribution in [2.75, 3.05) is 14.2 Å². The molecule has 1 aromatic carbocycles. The van der Waals surface area contributed by atoms with Crippen LogP contribution in [0.3, 0.4) is 0 Å². The van der Waals surface area contributed by atoms with Crippen LogP contribution in [-0.4, -0.2) is 23.6 Å². The van der Waals surface area contributed by atoms with Gasteiger partial charge in [-0.1, -0.05) is 0 Å². The van der Waals surface area contributed by atoms with Crippen LogP contribution in [0, 0.1) is 0 Å². The maximum absolute atomic E-state index is 5.31. The second-order valence-corrected chi connectivity index (χ2v) is 5.24. The number of methoxy groups -OCH3 is 2. The minimum absolute atomic E-state index is 0.754. The molecule has 3 aromatic rings. The van der Waals surface area contributed by atoms with Gasteiger partial charge in [0.1, 0.15) is 17.1 Å². The van der Waals surface area contributed by atoms with Crippen LogP contribution in [0.1, 0.15) is 0 Å². The number of pyridine rings is 1. The highest BCUT2D eigenvalue weighted by Crippen LogP contribution is 2.30. The predicted molar refractivity (Wildman–Crippen MR) is 81.4 cm³/mol. The minimum atomic E-state index is 0.754. The topological polar surface area (TPSA) is 35.8 Å². The van der Waals surface area contributed by atoms with Crippen LogP contribution in [0.15, 0.2) is 47.2 Å². The molecule has 0 unspecified atom stereocenters. The molecule has 0 N–H and O–H groups in total. The Morgan fingerprint density at radius 2 is 1.75 bits per heavy atom. The molecule has 0 aliphatic heterocycles. The lowest BCUT2D eigenvalue weighted by Crippen LogP contribution is -1.91. The van der Waals surface area contributed by atoms with E-state index in [2.05, 4.69) is 20.9 Å². The van der Waals surface area contributed by atoms with Crippen molar-refractivity contribution in [3.63, 3.8) is 0 Å². The van der Waals surface area contributed by atoms with Crippen LogP contribution >= 0.6 is 15.9 Å². The van der Waals surface area contributed by atoms with Crippen LogP contribution in [0.4, 0.5) is 0 Å². The summed E-state index contributed by atoms with van der Waals surface area (Å²) in [6, 6.07) is 9.71. The third-order valence-electron chi connectivity index (χ3n) is 3.12. The van der Waals surface area contributed by atoms with Crippen molar-refractivity contribution in [2.24, 2.45) is 0 Å². The normalized spacial score (nSPS) is 10.8. The summed E-state index contributed by atoms with van der Waals surface area (Å²) in [7, 11) is 3.28. The number of hydrogen-bond donors (Lipinski definition) is 0. The number of hydrogen-bond acceptors (Lipinski definition) is 3. The van der Waals surface area contributed by atoms with E-state index < -0.39 is 0 Å². The molecule has 0 aliphatic rings. The molecule has 5 heteroatoms. The Labute approximate surface area is 125 Å². The quantitative estimate of drug-likeness (QED) is 0.732. The SMILES string of the molecule is COc1cc(OC)cc(-c2cnc3ccc(Br)cn23)c1. The van der Waals surface area contributed by atoms with Gasteiger partial charge in [-0.2, -0.15) is 0 Å². The third kappa shape index (κ3) is 2.25. The Kier molecular flexibility index (Phi) is 3.36. The lowest BCUT2D eigenvalue weighted by Gasteiger charge is -2.08. The molecule has 0 saturated heterocycles. The molecule has 0 aliphatic carbocycles. The van der Waals surface area contributed by atoms with Crippen molar-refractivity contribution in [3.8, 4) is 22.8 Å². The number of aromatic nitrogens is 2. The van der Waals surface area contributed by atoms with E-state index in [0.717, 1.165) is 32.9 Å². The standard InChI is InChI=1S/C15H13BrN2O2/c1-19-12-5-10(6-13(7-12)20-2)14-8-17-15-4-3-11(16)9-18(14)15/h3-9H,1-2H3. The highest BCUT2D eigenvalue weighted by atomic mass is 79.9. The summed E-state index contributed by atoms with van der Waals surface area (Å²) in [6.07, 6.45) is 3.83. The number of rotatable bonds is 3. The lowest BCUT2D eigenvalue weighted by molar-refractivity contribution is 0.394. The molecule has 2 aromatic heterocycles. The summed E-state index contributed by atoms with van der Waals surface area (Å²) in [6.45, 7) is 0. The maximum atomic E-state index is 5.31. The second kappa shape index (κ2) is 5.17. The second-order valence-electron chi connectivity index (χ2n) is 4.32. The van der Waals surface area contributed by atoms with Crippen LogP contribution in [0.5, 0.6) is 11.5 Å². The van der Waals surface area contributed by atoms with E-state index in [4.69, 9.17) is 9.47 Å². The van der Waals surface area contributed by atoms with Crippen LogP contribution in [-0.2, 0) is 0 Å². The molecule has 0 atom stereocenters. The van der Waals surface area contributed by atoms with Gasteiger partial charge < -0.3 is 9.47 Å². The highest BCUT2D eigenvalue weighted by Gasteiger charge is 2.09. The first-order valence-corrected chi connectivity index (χ1v) is 6.86. The summed E-state index contributed by atoms with van der Waals surface area (Å²) in [5.74, 6) is 1.51. The smallest absolute Gasteiger partial charge is 0.137 e. The van der Waals surface area contributed by atoms with E-state index in [1.54, 1.807) is 14.2 Å². The fraction of sp³-hybridized carbons (Fsp3) is 0.133. The minimum Gasteiger partial charge on any atom is -0.497 e. The number of benzene rings is 1. The van der Waals surface area contributed by atoms with Crippen LogP contribution < -0.4 is 9.47 Å². The Morgan fingerprint density at radius 3 is 2.40 bits per heavy atom. The van der Waals surface area contributed by atoms with Gasteiger partial charge in [-0.25, -0.2) is 4.98 Å². The van der Waals surface area contributed by atoms with Gasteiger partial charge in [0.2, 0.25) is 0 Å². The number of halogens is 1. The third-order valence-corrected chi connectivity index (χ3v) is 3.59. The van der Waals surface area contributed by atoms with Gasteiger partial charge in [0.25, 0.3) is 0 Å². The van der Waals surface area contributed by atoms with E-state index in [0.29, 0.717) is 0 Å². The van der Waals surface area contributed by atoms with E-state index in [1.165, 1.54) is 0 Å². The van der Waals surface area contributed by atoms with Crippen molar-refractivity contribution in [1.82, 2.24) is 9.38 Å². The fourth-order valence-corrected chi connectivity index (χ4v) is 2.46. The predicted octanol–water partition coefficient (Wildman–Crippen LogP) is 3.78. The zero-order valence-electron chi connectivity index (χ0n) is 11.1. The lowest BCUT2D eigenvalue weighted by atomic mass is 10.1. The summed E-state index contributed by atoms with van der Waals surface area (Å²) < 4.78 is 13.6. The van der Waals surface area contributed by atoms with Gasteiger partial charge in [0.15, 0.2) is 0 Å². The van der Waals surface area contributed by atoms with Crippen LogP contribution in [0.25, 0.3) is 16.9 Å². The van der Waals surface area contributed by atoms with Crippen molar-refractivity contribution in [1.29, 1.82) is 0 Å². The molecule has 102 valence electrons. The molecule has 0 spiro atoms. The van der Waals surface area contributed by atoms with Crippen molar-refractivity contribution in [2.45, 2.75) is 0 Å². The van der Waals surface area contributed by atoms with Gasteiger partial charge in [0, 0.05) is 22.3 Å². The largest absolute Gasteiger partial charge is 0.497 e. The summed E-state index contributed by atoms with van der Waals surface area (Å²) >= 11 is 3.48. The first-order valence-electron chi connectivity index (χ1n) is 6.07. The Hall–Kier alpha value is -2.01. The average Bonchev–Trinajstić information content (AvgIpc) is 2.89. The molecule has 0 saturated carbocycles. The van der Waals surface area contributed by atoms with Crippen molar-refractivity contribution in [3.05, 3.63) is 47.2 Å². The van der Waals surface area contributed by atoms with Crippen molar-refractivity contribution >= 4 is 21.6 Å². The van der Waals surface area contributed by atoms with Gasteiger partial charge in [-0.15, -0.1) is 0 Å². The Bertz CT molecular complexity index is 745. The Balaban J connectivity index is 2.22. The maximum Gasteiger partial charge on any atom is 0.137 e. The molecular formula is C15H13BrN2O2. The van der Waals surface area contributed by atoms with Gasteiger partial charge >= 0.3 is 0 Å². The summed E-state index contributed by atoms with van der Waals surface area (Å²) in [5.41, 5.74) is 2.87. The summed E-state index contributed by atoms with van der Waals surface area (Å²) in [5, 5.41) is 0. The first-order chi connectivity index (χ1) is 9.71. The van der Waals surface area contributed by atoms with E-state index in [9.17, 15) is 0 Å². The van der Waals surface area contributed by atoms with E-state index >= 15 is 0 Å². The van der Waals surface area contributed by atoms with Crippen molar-refractivity contribution < 1.29 is 9.47 Å². The molecular weight excluding hydrogens is 320 g/mol. The number of nitrogens with zero attached hydrogens (tertiary/aromatic N) is 2. The van der Waals surface area contributed by atoms with Gasteiger partial charge in [-0.05, 0) is 40.2 Å². The molecule has 2 heterocycles. The molecule has 4 nitrogen and oxygen atoms in total. The molecule has 0 amide bonds. The van der Waals surface area contributed by atoms with E-state index in [-0.39, 0.29) is 0 Å². The molecule has 0 radical (unpaired) electrons. The zero-order valence-corrected chi connectivity index (χ0v) is 12.7. The fourth-order valence-electron chi connectivity index (χ4n) is 2.12. The Morgan fingerprint density at radius 1 is 1.05 bits per heavy atom. The molecule has 3 rings (SSSR count). The molecule has 20 heavy (non-hydrogen) atoms. The summed E-state index contributed by atoms with van der Waals surface area (Å²) in [4.78, 5) is 4.41. The number of fused-ring (bicyclic) bond motifs is 1.